The number of phenols is 1. The van der Waals surface area contributed by atoms with E-state index >= 15 is 0 Å². The third-order valence-electron chi connectivity index (χ3n) is 11.1. The second kappa shape index (κ2) is 14.3. The van der Waals surface area contributed by atoms with Gasteiger partial charge >= 0.3 is 0 Å². The summed E-state index contributed by atoms with van der Waals surface area (Å²) in [5.41, 5.74) is 15.1. The van der Waals surface area contributed by atoms with E-state index in [9.17, 15) is 5.11 Å². The average Bonchev–Trinajstić information content (AvgIpc) is 3.57. The minimum Gasteiger partial charge on any atom is -0.507 e. The number of benzene rings is 5. The molecule has 0 bridgehead atoms. The van der Waals surface area contributed by atoms with Crippen molar-refractivity contribution in [1.29, 1.82) is 0 Å². The molecule has 0 saturated carbocycles. The van der Waals surface area contributed by atoms with Crippen LogP contribution in [0.4, 0.5) is 0 Å². The Morgan fingerprint density at radius 2 is 1.16 bits per heavy atom. The van der Waals surface area contributed by atoms with E-state index in [0.29, 0.717) is 11.3 Å². The molecule has 0 amide bonds. The van der Waals surface area contributed by atoms with Gasteiger partial charge in [-0.15, -0.1) is 0 Å². The van der Waals surface area contributed by atoms with Crippen molar-refractivity contribution >= 4 is 21.8 Å². The van der Waals surface area contributed by atoms with Gasteiger partial charge < -0.3 is 9.67 Å². The van der Waals surface area contributed by atoms with Crippen LogP contribution < -0.4 is 0 Å². The van der Waals surface area contributed by atoms with Gasteiger partial charge in [-0.05, 0) is 105 Å². The Morgan fingerprint density at radius 1 is 0.483 bits per heavy atom. The largest absolute Gasteiger partial charge is 0.507 e. The number of hydrogen-bond donors (Lipinski definition) is 1. The average molecular weight is 755 g/mol. The Balaban J connectivity index is 1.19. The third-order valence-corrected chi connectivity index (χ3v) is 11.1. The molecule has 1 N–H and O–H groups in total. The van der Waals surface area contributed by atoms with E-state index in [4.69, 9.17) is 9.97 Å². The zero-order valence-corrected chi connectivity index (χ0v) is 33.8. The molecule has 9 aromatic rings. The summed E-state index contributed by atoms with van der Waals surface area (Å²) < 4.78 is 2.28. The first kappa shape index (κ1) is 36.8. The van der Waals surface area contributed by atoms with Crippen molar-refractivity contribution in [3.63, 3.8) is 0 Å². The van der Waals surface area contributed by atoms with Crippen molar-refractivity contribution in [2.24, 2.45) is 0 Å². The van der Waals surface area contributed by atoms with E-state index in [0.717, 1.165) is 61.5 Å². The van der Waals surface area contributed by atoms with Crippen molar-refractivity contribution in [3.8, 4) is 67.5 Å². The van der Waals surface area contributed by atoms with Crippen LogP contribution in [0.2, 0.25) is 0 Å². The van der Waals surface area contributed by atoms with Crippen molar-refractivity contribution in [2.45, 2.75) is 52.4 Å². The van der Waals surface area contributed by atoms with E-state index in [1.165, 1.54) is 21.9 Å². The van der Waals surface area contributed by atoms with Crippen LogP contribution in [0.5, 0.6) is 5.75 Å². The lowest BCUT2D eigenvalue weighted by Crippen LogP contribution is -2.16. The molecule has 0 spiro atoms. The molecule has 0 aliphatic rings. The highest BCUT2D eigenvalue weighted by atomic mass is 16.3. The van der Waals surface area contributed by atoms with Gasteiger partial charge in [0.1, 0.15) is 5.75 Å². The molecule has 4 heterocycles. The lowest BCUT2D eigenvalue weighted by Gasteiger charge is -2.26. The van der Waals surface area contributed by atoms with E-state index in [2.05, 4.69) is 160 Å². The Hall–Kier alpha value is -6.85. The fourth-order valence-electron chi connectivity index (χ4n) is 7.93. The van der Waals surface area contributed by atoms with E-state index in [1.807, 2.05) is 48.9 Å². The first-order valence-corrected chi connectivity index (χ1v) is 19.9. The zero-order chi connectivity index (χ0) is 40.2. The summed E-state index contributed by atoms with van der Waals surface area (Å²) >= 11 is 0. The third kappa shape index (κ3) is 6.83. The fraction of sp³-hybridized carbons (Fsp3) is 0.151. The Morgan fingerprint density at radius 3 is 1.91 bits per heavy atom. The lowest BCUT2D eigenvalue weighted by molar-refractivity contribution is 0.477. The number of phenolic OH excluding ortho intramolecular Hbond substituents is 1. The Kier molecular flexibility index (Phi) is 9.04. The van der Waals surface area contributed by atoms with Gasteiger partial charge in [-0.1, -0.05) is 120 Å². The number of aromatic hydroxyl groups is 1. The minimum atomic E-state index is -0.0396. The van der Waals surface area contributed by atoms with Crippen LogP contribution in [-0.2, 0) is 10.8 Å². The van der Waals surface area contributed by atoms with Gasteiger partial charge in [-0.2, -0.15) is 0 Å². The maximum atomic E-state index is 11.1. The molecule has 0 radical (unpaired) electrons. The molecule has 0 unspecified atom stereocenters. The summed E-state index contributed by atoms with van der Waals surface area (Å²) in [7, 11) is 0. The summed E-state index contributed by atoms with van der Waals surface area (Å²) in [5.74, 6) is 0.198. The van der Waals surface area contributed by atoms with Crippen molar-refractivity contribution in [1.82, 2.24) is 19.5 Å². The highest BCUT2D eigenvalue weighted by molar-refractivity contribution is 6.10. The summed E-state index contributed by atoms with van der Waals surface area (Å²) in [6.07, 6.45) is 5.58. The van der Waals surface area contributed by atoms with Crippen molar-refractivity contribution in [3.05, 3.63) is 175 Å². The summed E-state index contributed by atoms with van der Waals surface area (Å²) in [5, 5.41) is 13.4. The van der Waals surface area contributed by atoms with Gasteiger partial charge in [-0.25, -0.2) is 4.98 Å². The number of pyridine rings is 3. The number of rotatable bonds is 6. The van der Waals surface area contributed by atoms with Crippen molar-refractivity contribution in [2.75, 3.05) is 0 Å². The molecule has 284 valence electrons. The molecule has 5 nitrogen and oxygen atoms in total. The number of para-hydroxylation sites is 2. The van der Waals surface area contributed by atoms with Gasteiger partial charge in [0.15, 0.2) is 0 Å². The highest BCUT2D eigenvalue weighted by Gasteiger charge is 2.22. The number of nitrogens with zero attached hydrogens (tertiary/aromatic N) is 4. The molecule has 5 aromatic carbocycles. The van der Waals surface area contributed by atoms with Crippen LogP contribution >= 0.6 is 0 Å². The quantitative estimate of drug-likeness (QED) is 0.184. The second-order valence-corrected chi connectivity index (χ2v) is 17.2. The van der Waals surface area contributed by atoms with Gasteiger partial charge in [0.2, 0.25) is 0 Å². The second-order valence-electron chi connectivity index (χ2n) is 17.2. The molecular weight excluding hydrogens is 709 g/mol. The maximum absolute atomic E-state index is 11.1. The molecule has 5 heteroatoms. The monoisotopic (exact) mass is 754 g/mol. The van der Waals surface area contributed by atoms with Gasteiger partial charge in [-0.3, -0.25) is 9.97 Å². The zero-order valence-electron chi connectivity index (χ0n) is 33.8. The number of fused-ring (bicyclic) bond motifs is 3. The Labute approximate surface area is 340 Å². The summed E-state index contributed by atoms with van der Waals surface area (Å²) in [4.78, 5) is 14.6. The summed E-state index contributed by atoms with van der Waals surface area (Å²) in [6.45, 7) is 13.6. The fourth-order valence-corrected chi connectivity index (χ4v) is 7.93. The predicted octanol–water partition coefficient (Wildman–Crippen LogP) is 13.6. The van der Waals surface area contributed by atoms with Crippen LogP contribution in [0.25, 0.3) is 83.5 Å². The SMILES string of the molecule is CC(C)(C)c1cc(-c2cc(-c3cccc(-c4ncccc4-c4ccc5c(c4)c4ccccc4n5-c4cccnc4)c3)nc(-c3ccccc3O)c2)cc(C(C)(C)C)c1. The van der Waals surface area contributed by atoms with Crippen LogP contribution in [-0.4, -0.2) is 24.6 Å². The topological polar surface area (TPSA) is 63.8 Å². The van der Waals surface area contributed by atoms with E-state index in [1.54, 1.807) is 6.07 Å². The van der Waals surface area contributed by atoms with Gasteiger partial charge in [0.25, 0.3) is 0 Å². The first-order chi connectivity index (χ1) is 27.9. The first-order valence-electron chi connectivity index (χ1n) is 19.9. The summed E-state index contributed by atoms with van der Waals surface area (Å²) in [6, 6.07) is 50.7. The van der Waals surface area contributed by atoms with E-state index in [-0.39, 0.29) is 16.6 Å². The van der Waals surface area contributed by atoms with Crippen LogP contribution in [0.15, 0.2) is 164 Å². The predicted molar refractivity (Wildman–Crippen MR) is 240 cm³/mol. The molecule has 0 saturated heterocycles. The normalized spacial score (nSPS) is 12.0. The van der Waals surface area contributed by atoms with Gasteiger partial charge in [0.05, 0.1) is 40.0 Å². The standard InChI is InChI=1S/C53H46N4O/c1-52(2,3)39-27-37(28-40(32-39)53(4,5)6)38-30-46(56-47(31-38)44-18-8-10-21-50(44)58)35-14-11-15-36(26-35)51-42(19-13-25-55-51)34-22-23-49-45(29-34)43-17-7-9-20-48(43)57(49)41-16-12-24-54-33-41/h7-33,58H,1-6H3. The molecule has 4 aromatic heterocycles. The number of aromatic nitrogens is 4. The molecule has 58 heavy (non-hydrogen) atoms. The van der Waals surface area contributed by atoms with Crippen molar-refractivity contribution < 1.29 is 5.11 Å². The molecule has 0 atom stereocenters. The maximum Gasteiger partial charge on any atom is 0.124 e. The molecule has 0 aliphatic carbocycles. The lowest BCUT2D eigenvalue weighted by atomic mass is 9.79. The van der Waals surface area contributed by atoms with E-state index < -0.39 is 0 Å². The molecule has 0 aliphatic heterocycles. The smallest absolute Gasteiger partial charge is 0.124 e. The molecule has 9 rings (SSSR count). The van der Waals surface area contributed by atoms with Gasteiger partial charge in [0, 0.05) is 45.4 Å². The molecule has 0 fully saturated rings. The highest BCUT2D eigenvalue weighted by Crippen LogP contribution is 2.40. The minimum absolute atomic E-state index is 0.0396. The number of hydrogen-bond acceptors (Lipinski definition) is 4. The Bertz CT molecular complexity index is 2950. The van der Waals surface area contributed by atoms with Crippen LogP contribution in [0.1, 0.15) is 52.7 Å². The van der Waals surface area contributed by atoms with Crippen LogP contribution in [0.3, 0.4) is 0 Å². The molecular formula is C53H46N4O. The van der Waals surface area contributed by atoms with Crippen LogP contribution in [0, 0.1) is 0 Å².